The minimum absolute atomic E-state index is 0.116. The molecule has 98 valence electrons. The molecule has 0 amide bonds. The van der Waals surface area contributed by atoms with E-state index in [1.54, 1.807) is 6.92 Å². The number of hydrogen-bond donors (Lipinski definition) is 3. The van der Waals surface area contributed by atoms with E-state index in [1.165, 1.54) is 0 Å². The van der Waals surface area contributed by atoms with Gasteiger partial charge >= 0.3 is 5.97 Å². The summed E-state index contributed by atoms with van der Waals surface area (Å²) in [4.78, 5) is 13.7. The summed E-state index contributed by atoms with van der Waals surface area (Å²) in [5, 5.41) is 29.3. The number of fused-ring (bicyclic) bond motifs is 2. The summed E-state index contributed by atoms with van der Waals surface area (Å²) >= 11 is 0. The Hall–Kier alpha value is -0.650. The molecule has 2 aliphatic rings. The highest BCUT2D eigenvalue weighted by Crippen LogP contribution is 2.48. The Labute approximate surface area is 101 Å². The molecule has 0 radical (unpaired) electrons. The van der Waals surface area contributed by atoms with Crippen molar-refractivity contribution in [1.82, 2.24) is 4.90 Å². The topological polar surface area (TPSA) is 81.0 Å². The van der Waals surface area contributed by atoms with Crippen LogP contribution in [-0.2, 0) is 4.79 Å². The SMILES string of the molecule is CC(O)C[C@]1(C(=O)O)[C@@H](O)C[C@@H]2CC[C@H]1N2C. The van der Waals surface area contributed by atoms with E-state index in [1.807, 2.05) is 7.05 Å². The molecule has 0 saturated carbocycles. The molecule has 0 aromatic heterocycles. The molecule has 2 heterocycles. The molecule has 0 aliphatic carbocycles. The lowest BCUT2D eigenvalue weighted by molar-refractivity contribution is -0.174. The number of nitrogens with zero attached hydrogens (tertiary/aromatic N) is 1. The van der Waals surface area contributed by atoms with E-state index in [0.29, 0.717) is 6.42 Å². The van der Waals surface area contributed by atoms with Crippen LogP contribution in [0, 0.1) is 5.41 Å². The summed E-state index contributed by atoms with van der Waals surface area (Å²) < 4.78 is 0. The summed E-state index contributed by atoms with van der Waals surface area (Å²) in [6.45, 7) is 1.58. The Morgan fingerprint density at radius 3 is 2.71 bits per heavy atom. The highest BCUT2D eigenvalue weighted by atomic mass is 16.4. The van der Waals surface area contributed by atoms with Crippen LogP contribution in [0.15, 0.2) is 0 Å². The van der Waals surface area contributed by atoms with Crippen molar-refractivity contribution in [3.8, 4) is 0 Å². The van der Waals surface area contributed by atoms with E-state index in [0.717, 1.165) is 12.8 Å². The Bertz CT molecular complexity index is 320. The third kappa shape index (κ3) is 1.77. The van der Waals surface area contributed by atoms with Gasteiger partial charge in [-0.15, -0.1) is 0 Å². The van der Waals surface area contributed by atoms with Crippen molar-refractivity contribution < 1.29 is 20.1 Å². The van der Waals surface area contributed by atoms with Gasteiger partial charge in [-0.2, -0.15) is 0 Å². The lowest BCUT2D eigenvalue weighted by Gasteiger charge is -2.48. The van der Waals surface area contributed by atoms with E-state index in [4.69, 9.17) is 0 Å². The second kappa shape index (κ2) is 4.23. The van der Waals surface area contributed by atoms with Crippen molar-refractivity contribution in [1.29, 1.82) is 0 Å². The predicted molar refractivity (Wildman–Crippen MR) is 61.6 cm³/mol. The van der Waals surface area contributed by atoms with Crippen molar-refractivity contribution >= 4 is 5.97 Å². The van der Waals surface area contributed by atoms with Crippen LogP contribution >= 0.6 is 0 Å². The summed E-state index contributed by atoms with van der Waals surface area (Å²) in [5.74, 6) is -0.983. The molecule has 5 heteroatoms. The number of piperidine rings is 1. The number of aliphatic hydroxyl groups excluding tert-OH is 2. The van der Waals surface area contributed by atoms with Crippen molar-refractivity contribution in [2.24, 2.45) is 5.41 Å². The third-order valence-electron chi connectivity index (χ3n) is 4.56. The van der Waals surface area contributed by atoms with E-state index >= 15 is 0 Å². The second-order valence-corrected chi connectivity index (χ2v) is 5.56. The van der Waals surface area contributed by atoms with E-state index in [2.05, 4.69) is 4.90 Å². The standard InChI is InChI=1S/C12H21NO4/c1-7(14)6-12(11(16)17)9-4-3-8(13(9)2)5-10(12)15/h7-10,14-15H,3-6H2,1-2H3,(H,16,17)/t7?,8-,9+,10-,12+/m0/s1. The summed E-state index contributed by atoms with van der Waals surface area (Å²) in [6, 6.07) is 0.125. The molecule has 0 aromatic rings. The maximum Gasteiger partial charge on any atom is 0.313 e. The quantitative estimate of drug-likeness (QED) is 0.653. The Morgan fingerprint density at radius 2 is 2.18 bits per heavy atom. The summed E-state index contributed by atoms with van der Waals surface area (Å²) in [6.07, 6.45) is 0.760. The van der Waals surface area contributed by atoms with Gasteiger partial charge in [-0.1, -0.05) is 0 Å². The number of aliphatic hydroxyl groups is 2. The van der Waals surface area contributed by atoms with Crippen LogP contribution in [0.4, 0.5) is 0 Å². The van der Waals surface area contributed by atoms with Crippen LogP contribution in [0.1, 0.15) is 32.6 Å². The zero-order valence-corrected chi connectivity index (χ0v) is 10.3. The van der Waals surface area contributed by atoms with Crippen LogP contribution in [0.2, 0.25) is 0 Å². The van der Waals surface area contributed by atoms with Gasteiger partial charge in [-0.3, -0.25) is 9.69 Å². The van der Waals surface area contributed by atoms with E-state index in [-0.39, 0.29) is 18.5 Å². The molecule has 17 heavy (non-hydrogen) atoms. The fourth-order valence-corrected chi connectivity index (χ4v) is 3.74. The molecule has 1 unspecified atom stereocenters. The normalized spacial score (nSPS) is 43.6. The lowest BCUT2D eigenvalue weighted by Crippen LogP contribution is -2.61. The minimum Gasteiger partial charge on any atom is -0.481 e. The molecule has 2 rings (SSSR count). The fourth-order valence-electron chi connectivity index (χ4n) is 3.74. The molecular formula is C12H21NO4. The number of carboxylic acids is 1. The maximum absolute atomic E-state index is 11.7. The monoisotopic (exact) mass is 243 g/mol. The van der Waals surface area contributed by atoms with Gasteiger partial charge in [0.05, 0.1) is 12.2 Å². The summed E-state index contributed by atoms with van der Waals surface area (Å²) in [7, 11) is 1.92. The van der Waals surface area contributed by atoms with Crippen molar-refractivity contribution in [3.63, 3.8) is 0 Å². The number of hydrogen-bond acceptors (Lipinski definition) is 4. The molecule has 2 fully saturated rings. The largest absolute Gasteiger partial charge is 0.481 e. The highest BCUT2D eigenvalue weighted by molar-refractivity contribution is 5.77. The molecular weight excluding hydrogens is 222 g/mol. The molecule has 2 saturated heterocycles. The van der Waals surface area contributed by atoms with Crippen LogP contribution in [0.25, 0.3) is 0 Å². The van der Waals surface area contributed by atoms with Gasteiger partial charge in [0.25, 0.3) is 0 Å². The Balaban J connectivity index is 2.38. The van der Waals surface area contributed by atoms with Gasteiger partial charge in [-0.25, -0.2) is 0 Å². The molecule has 5 nitrogen and oxygen atoms in total. The first-order valence-electron chi connectivity index (χ1n) is 6.21. The molecule has 0 aromatic carbocycles. The van der Waals surface area contributed by atoms with Gasteiger partial charge in [0.15, 0.2) is 0 Å². The minimum atomic E-state index is -1.21. The molecule has 2 bridgehead atoms. The number of carbonyl (C=O) groups is 1. The highest BCUT2D eigenvalue weighted by Gasteiger charge is 2.60. The zero-order chi connectivity index (χ0) is 12.8. The van der Waals surface area contributed by atoms with Crippen LogP contribution in [0.3, 0.4) is 0 Å². The lowest BCUT2D eigenvalue weighted by atomic mass is 9.68. The van der Waals surface area contributed by atoms with Crippen LogP contribution < -0.4 is 0 Å². The van der Waals surface area contributed by atoms with Crippen molar-refractivity contribution in [2.45, 2.75) is 56.9 Å². The molecule has 5 atom stereocenters. The third-order valence-corrected chi connectivity index (χ3v) is 4.56. The fraction of sp³-hybridized carbons (Fsp3) is 0.917. The van der Waals surface area contributed by atoms with Gasteiger partial charge < -0.3 is 15.3 Å². The van der Waals surface area contributed by atoms with Crippen molar-refractivity contribution in [3.05, 3.63) is 0 Å². The number of aliphatic carboxylic acids is 1. The number of carboxylic acid groups (broad SMARTS) is 1. The average Bonchev–Trinajstić information content (AvgIpc) is 2.48. The van der Waals surface area contributed by atoms with Crippen LogP contribution in [-0.4, -0.2) is 57.5 Å². The Kier molecular flexibility index (Phi) is 3.18. The van der Waals surface area contributed by atoms with Gasteiger partial charge in [-0.05, 0) is 39.7 Å². The smallest absolute Gasteiger partial charge is 0.313 e. The van der Waals surface area contributed by atoms with Crippen molar-refractivity contribution in [2.75, 3.05) is 7.05 Å². The average molecular weight is 243 g/mol. The number of rotatable bonds is 3. The van der Waals surface area contributed by atoms with Gasteiger partial charge in [0, 0.05) is 12.1 Å². The van der Waals surface area contributed by atoms with E-state index < -0.39 is 23.6 Å². The maximum atomic E-state index is 11.7. The first kappa shape index (κ1) is 12.8. The van der Waals surface area contributed by atoms with Crippen LogP contribution in [0.5, 0.6) is 0 Å². The van der Waals surface area contributed by atoms with Gasteiger partial charge in [0.2, 0.25) is 0 Å². The second-order valence-electron chi connectivity index (χ2n) is 5.56. The summed E-state index contributed by atoms with van der Waals surface area (Å²) in [5.41, 5.74) is -1.21. The van der Waals surface area contributed by atoms with E-state index in [9.17, 15) is 20.1 Å². The first-order chi connectivity index (χ1) is 7.89. The molecule has 2 aliphatic heterocycles. The zero-order valence-electron chi connectivity index (χ0n) is 10.3. The molecule has 3 N–H and O–H groups in total. The first-order valence-corrected chi connectivity index (χ1v) is 6.21. The predicted octanol–water partition coefficient (Wildman–Crippen LogP) is 0.0557. The Morgan fingerprint density at radius 1 is 1.53 bits per heavy atom. The molecule has 0 spiro atoms. The van der Waals surface area contributed by atoms with Gasteiger partial charge in [0.1, 0.15) is 5.41 Å².